The third-order valence-corrected chi connectivity index (χ3v) is 7.84. The van der Waals surface area contributed by atoms with Crippen LogP contribution in [0, 0.1) is 5.92 Å². The standard InChI is InChI=1S/C23H19ClN4O5S/c1-10-6-12-15(18(11-4-5-34-8-11)28-9-25-27-22(28)26-12)20(29)23(10)21(30)16-13(31-2)7-14(32-3)17(24)19(16)33-23/h4-5,7-10,18H,6H2,1-3H3,(H,26,27). The largest absolute Gasteiger partial charge is 0.496 e. The van der Waals surface area contributed by atoms with Crippen LogP contribution in [0.25, 0.3) is 0 Å². The smallest absolute Gasteiger partial charge is 0.236 e. The fourth-order valence-electron chi connectivity index (χ4n) is 5.16. The summed E-state index contributed by atoms with van der Waals surface area (Å²) in [4.78, 5) is 28.4. The van der Waals surface area contributed by atoms with Crippen LogP contribution < -0.4 is 19.5 Å². The lowest BCUT2D eigenvalue weighted by molar-refractivity contribution is -0.130. The Bertz CT molecular complexity index is 1400. The molecule has 1 aromatic carbocycles. The summed E-state index contributed by atoms with van der Waals surface area (Å²) in [6, 6.07) is 2.99. The van der Waals surface area contributed by atoms with Crippen molar-refractivity contribution in [2.45, 2.75) is 25.0 Å². The first kappa shape index (κ1) is 21.2. The van der Waals surface area contributed by atoms with Gasteiger partial charge < -0.3 is 19.5 Å². The molecular formula is C23H19ClN4O5S. The number of Topliss-reactive ketones (excluding diaryl/α,β-unsaturated/α-hetero) is 2. The van der Waals surface area contributed by atoms with Gasteiger partial charge in [-0.3, -0.25) is 14.2 Å². The molecule has 2 aromatic heterocycles. The number of halogens is 1. The van der Waals surface area contributed by atoms with Crippen LogP contribution in [0.2, 0.25) is 5.02 Å². The Kier molecular flexibility index (Phi) is 4.56. The van der Waals surface area contributed by atoms with Crippen molar-refractivity contribution < 1.29 is 23.8 Å². The first-order chi connectivity index (χ1) is 16.4. The van der Waals surface area contributed by atoms with Crippen molar-refractivity contribution in [1.29, 1.82) is 0 Å². The number of benzene rings is 1. The number of rotatable bonds is 3. The second-order valence-electron chi connectivity index (χ2n) is 8.44. The minimum absolute atomic E-state index is 0.105. The van der Waals surface area contributed by atoms with E-state index in [1.165, 1.54) is 31.6 Å². The summed E-state index contributed by atoms with van der Waals surface area (Å²) in [6.07, 6.45) is 1.97. The Labute approximate surface area is 203 Å². The van der Waals surface area contributed by atoms with Gasteiger partial charge in [0, 0.05) is 23.3 Å². The number of carbonyl (C=O) groups is 2. The van der Waals surface area contributed by atoms with Crippen LogP contribution in [0.3, 0.4) is 0 Å². The number of fused-ring (bicyclic) bond motifs is 2. The summed E-state index contributed by atoms with van der Waals surface area (Å²) in [5.41, 5.74) is 0.443. The van der Waals surface area contributed by atoms with Crippen molar-refractivity contribution in [3.63, 3.8) is 0 Å². The third kappa shape index (κ3) is 2.55. The number of carbonyl (C=O) groups excluding carboxylic acids is 2. The molecule has 4 heterocycles. The average molecular weight is 499 g/mol. The summed E-state index contributed by atoms with van der Waals surface area (Å²) in [5, 5.41) is 15.5. The molecule has 1 N–H and O–H groups in total. The Morgan fingerprint density at radius 2 is 2.06 bits per heavy atom. The molecule has 0 bridgehead atoms. The minimum Gasteiger partial charge on any atom is -0.496 e. The molecule has 6 rings (SSSR count). The lowest BCUT2D eigenvalue weighted by Gasteiger charge is -2.42. The van der Waals surface area contributed by atoms with E-state index in [0.29, 0.717) is 29.4 Å². The first-order valence-corrected chi connectivity index (χ1v) is 11.9. The molecule has 1 aliphatic carbocycles. The number of hydrogen-bond donors (Lipinski definition) is 1. The zero-order chi connectivity index (χ0) is 23.8. The number of allylic oxidation sites excluding steroid dienone is 1. The fourth-order valence-corrected chi connectivity index (χ4v) is 6.10. The van der Waals surface area contributed by atoms with Crippen molar-refractivity contribution in [2.75, 3.05) is 19.5 Å². The Morgan fingerprint density at radius 3 is 2.76 bits per heavy atom. The van der Waals surface area contributed by atoms with Gasteiger partial charge in [-0.25, -0.2) is 0 Å². The monoisotopic (exact) mass is 498 g/mol. The number of thiophene rings is 1. The molecule has 3 unspecified atom stereocenters. The number of methoxy groups -OCH3 is 2. The predicted molar refractivity (Wildman–Crippen MR) is 124 cm³/mol. The van der Waals surface area contributed by atoms with Crippen molar-refractivity contribution in [3.8, 4) is 17.2 Å². The Balaban J connectivity index is 1.54. The molecule has 3 aromatic rings. The zero-order valence-electron chi connectivity index (χ0n) is 18.4. The number of aromatic nitrogens is 3. The van der Waals surface area contributed by atoms with Gasteiger partial charge in [0.2, 0.25) is 23.1 Å². The molecule has 11 heteroatoms. The highest BCUT2D eigenvalue weighted by atomic mass is 35.5. The SMILES string of the molecule is COc1cc(OC)c2c(c1Cl)OC1(C(=O)C3=C(CC1C)Nc1nncn1C3c1ccsc1)C2=O. The molecule has 34 heavy (non-hydrogen) atoms. The number of ether oxygens (including phenoxy) is 3. The second kappa shape index (κ2) is 7.31. The molecule has 0 saturated carbocycles. The van der Waals surface area contributed by atoms with Gasteiger partial charge in [-0.1, -0.05) is 18.5 Å². The molecule has 0 saturated heterocycles. The van der Waals surface area contributed by atoms with Crippen LogP contribution >= 0.6 is 22.9 Å². The van der Waals surface area contributed by atoms with E-state index in [1.54, 1.807) is 10.9 Å². The third-order valence-electron chi connectivity index (χ3n) is 6.78. The number of ketones is 2. The van der Waals surface area contributed by atoms with Gasteiger partial charge in [0.05, 0.1) is 20.3 Å². The molecule has 9 nitrogen and oxygen atoms in total. The maximum atomic E-state index is 14.4. The lowest BCUT2D eigenvalue weighted by Crippen LogP contribution is -2.58. The quantitative estimate of drug-likeness (QED) is 0.542. The fraction of sp³-hybridized carbons (Fsp3) is 0.304. The van der Waals surface area contributed by atoms with Crippen LogP contribution in [0.4, 0.5) is 5.95 Å². The van der Waals surface area contributed by atoms with Crippen molar-refractivity contribution in [1.82, 2.24) is 14.8 Å². The number of nitrogens with zero attached hydrogens (tertiary/aromatic N) is 3. The highest BCUT2D eigenvalue weighted by molar-refractivity contribution is 7.08. The van der Waals surface area contributed by atoms with E-state index in [2.05, 4.69) is 15.5 Å². The van der Waals surface area contributed by atoms with Gasteiger partial charge in [0.1, 0.15) is 28.4 Å². The van der Waals surface area contributed by atoms with E-state index < -0.39 is 29.1 Å². The zero-order valence-corrected chi connectivity index (χ0v) is 20.0. The highest BCUT2D eigenvalue weighted by Crippen LogP contribution is 2.55. The van der Waals surface area contributed by atoms with Gasteiger partial charge in [0.25, 0.3) is 0 Å². The van der Waals surface area contributed by atoms with Gasteiger partial charge in [-0.05, 0) is 28.8 Å². The molecule has 0 radical (unpaired) electrons. The van der Waals surface area contributed by atoms with E-state index >= 15 is 0 Å². The first-order valence-electron chi connectivity index (χ1n) is 10.6. The van der Waals surface area contributed by atoms with Crippen molar-refractivity contribution in [2.24, 2.45) is 5.92 Å². The Hall–Kier alpha value is -3.37. The summed E-state index contributed by atoms with van der Waals surface area (Å²) in [6.45, 7) is 1.82. The molecular weight excluding hydrogens is 480 g/mol. The number of hydrogen-bond acceptors (Lipinski definition) is 9. The topological polar surface area (TPSA) is 105 Å². The second-order valence-corrected chi connectivity index (χ2v) is 9.60. The lowest BCUT2D eigenvalue weighted by atomic mass is 9.69. The van der Waals surface area contributed by atoms with Crippen LogP contribution in [0.15, 0.2) is 40.5 Å². The Morgan fingerprint density at radius 1 is 1.26 bits per heavy atom. The van der Waals surface area contributed by atoms with E-state index in [0.717, 1.165) is 5.56 Å². The number of anilines is 1. The summed E-state index contributed by atoms with van der Waals surface area (Å²) < 4.78 is 18.9. The summed E-state index contributed by atoms with van der Waals surface area (Å²) in [5.74, 6) is -0.183. The van der Waals surface area contributed by atoms with Gasteiger partial charge in [0.15, 0.2) is 5.75 Å². The average Bonchev–Trinajstić information content (AvgIpc) is 3.57. The van der Waals surface area contributed by atoms with E-state index in [-0.39, 0.29) is 22.1 Å². The molecule has 3 atom stereocenters. The normalized spacial score (nSPS) is 24.9. The number of nitrogens with one attached hydrogen (secondary N) is 1. The summed E-state index contributed by atoms with van der Waals surface area (Å²) in [7, 11) is 2.90. The van der Waals surface area contributed by atoms with Crippen molar-refractivity contribution >= 4 is 40.5 Å². The van der Waals surface area contributed by atoms with E-state index in [9.17, 15) is 9.59 Å². The minimum atomic E-state index is -1.77. The maximum absolute atomic E-state index is 14.4. The molecule has 0 amide bonds. The van der Waals surface area contributed by atoms with Gasteiger partial charge in [-0.2, -0.15) is 11.3 Å². The van der Waals surface area contributed by atoms with Gasteiger partial charge >= 0.3 is 0 Å². The molecule has 2 aliphatic heterocycles. The van der Waals surface area contributed by atoms with E-state index in [1.807, 2.05) is 23.8 Å². The maximum Gasteiger partial charge on any atom is 0.236 e. The van der Waals surface area contributed by atoms with Crippen LogP contribution in [0.1, 0.15) is 35.3 Å². The predicted octanol–water partition coefficient (Wildman–Crippen LogP) is 3.90. The highest BCUT2D eigenvalue weighted by Gasteiger charge is 2.63. The summed E-state index contributed by atoms with van der Waals surface area (Å²) >= 11 is 8.06. The molecule has 0 fully saturated rings. The van der Waals surface area contributed by atoms with Crippen LogP contribution in [0.5, 0.6) is 17.2 Å². The van der Waals surface area contributed by atoms with E-state index in [4.69, 9.17) is 25.8 Å². The molecule has 3 aliphatic rings. The van der Waals surface area contributed by atoms with Gasteiger partial charge in [-0.15, -0.1) is 10.2 Å². The molecule has 174 valence electrons. The molecule has 1 spiro atoms. The van der Waals surface area contributed by atoms with Crippen LogP contribution in [-0.2, 0) is 4.79 Å². The van der Waals surface area contributed by atoms with Crippen molar-refractivity contribution in [3.05, 3.63) is 56.6 Å². The van der Waals surface area contributed by atoms with Crippen LogP contribution in [-0.4, -0.2) is 46.2 Å².